The summed E-state index contributed by atoms with van der Waals surface area (Å²) in [5.41, 5.74) is -0.317. The van der Waals surface area contributed by atoms with Crippen LogP contribution in [-0.2, 0) is 0 Å². The summed E-state index contributed by atoms with van der Waals surface area (Å²) < 4.78 is 0. The summed E-state index contributed by atoms with van der Waals surface area (Å²) in [4.78, 5) is 19.7. The Bertz CT molecular complexity index is 500. The van der Waals surface area contributed by atoms with E-state index in [0.717, 1.165) is 0 Å². The fourth-order valence-electron chi connectivity index (χ4n) is 1.65. The lowest BCUT2D eigenvalue weighted by atomic mass is 10.2. The fourth-order valence-corrected chi connectivity index (χ4v) is 1.84. The summed E-state index contributed by atoms with van der Waals surface area (Å²) in [6.45, 7) is 4.88. The van der Waals surface area contributed by atoms with Gasteiger partial charge in [0.25, 0.3) is 0 Å². The summed E-state index contributed by atoms with van der Waals surface area (Å²) >= 11 is 5.75. The lowest BCUT2D eigenvalue weighted by Crippen LogP contribution is -2.30. The number of anilines is 1. The van der Waals surface area contributed by atoms with Gasteiger partial charge in [-0.3, -0.25) is 10.1 Å². The van der Waals surface area contributed by atoms with Crippen LogP contribution in [0.2, 0.25) is 5.15 Å². The second-order valence-corrected chi connectivity index (χ2v) is 4.70. The van der Waals surface area contributed by atoms with Crippen LogP contribution in [0.3, 0.4) is 0 Å². The van der Waals surface area contributed by atoms with Gasteiger partial charge in [-0.1, -0.05) is 25.4 Å². The predicted molar refractivity (Wildman–Crippen MR) is 71.0 cm³/mol. The number of nitro groups is 1. The van der Waals surface area contributed by atoms with Crippen molar-refractivity contribution in [1.82, 2.24) is 9.97 Å². The van der Waals surface area contributed by atoms with E-state index in [2.05, 4.69) is 9.97 Å². The van der Waals surface area contributed by atoms with E-state index in [1.807, 2.05) is 19.9 Å². The van der Waals surface area contributed by atoms with Crippen molar-refractivity contribution in [2.24, 2.45) is 5.92 Å². The number of hydrogen-bond donors (Lipinski definition) is 0. The van der Waals surface area contributed by atoms with Crippen molar-refractivity contribution in [2.45, 2.75) is 20.3 Å². The number of nitrogens with zero attached hydrogens (tertiary/aromatic N) is 5. The Balaban J connectivity index is 3.17. The van der Waals surface area contributed by atoms with Crippen molar-refractivity contribution in [3.05, 3.63) is 21.6 Å². The van der Waals surface area contributed by atoms with Gasteiger partial charge in [-0.05, 0) is 5.92 Å². The first-order chi connectivity index (χ1) is 8.97. The van der Waals surface area contributed by atoms with Crippen molar-refractivity contribution in [1.29, 1.82) is 5.26 Å². The van der Waals surface area contributed by atoms with Crippen LogP contribution in [0.1, 0.15) is 20.3 Å². The van der Waals surface area contributed by atoms with Crippen LogP contribution in [0.25, 0.3) is 0 Å². The Kier molecular flexibility index (Phi) is 5.45. The maximum Gasteiger partial charge on any atom is 0.348 e. The minimum Gasteiger partial charge on any atom is -0.349 e. The molecule has 0 N–H and O–H groups in total. The van der Waals surface area contributed by atoms with Crippen LogP contribution in [0, 0.1) is 27.4 Å². The minimum atomic E-state index is -0.600. The van der Waals surface area contributed by atoms with Crippen molar-refractivity contribution < 1.29 is 4.92 Å². The normalized spacial score (nSPS) is 10.3. The highest BCUT2D eigenvalue weighted by molar-refractivity contribution is 6.31. The molecule has 1 rings (SSSR count). The highest BCUT2D eigenvalue weighted by atomic mass is 35.5. The Labute approximate surface area is 116 Å². The van der Waals surface area contributed by atoms with Crippen LogP contribution in [0.15, 0.2) is 6.33 Å². The zero-order valence-electron chi connectivity index (χ0n) is 10.7. The average molecular weight is 284 g/mol. The van der Waals surface area contributed by atoms with Crippen LogP contribution >= 0.6 is 11.6 Å². The molecule has 0 spiro atoms. The molecule has 0 saturated heterocycles. The molecule has 0 amide bonds. The van der Waals surface area contributed by atoms with Crippen LogP contribution in [0.5, 0.6) is 0 Å². The highest BCUT2D eigenvalue weighted by Crippen LogP contribution is 2.31. The standard InChI is InChI=1S/C11H14ClN5O2/c1-8(2)6-16(5-3-4-13)11-9(17(18)19)10(12)14-7-15-11/h7-8H,3,5-6H2,1-2H3. The second kappa shape index (κ2) is 6.85. The summed E-state index contributed by atoms with van der Waals surface area (Å²) in [6.07, 6.45) is 1.44. The van der Waals surface area contributed by atoms with Crippen molar-refractivity contribution in [3.8, 4) is 6.07 Å². The van der Waals surface area contributed by atoms with Crippen LogP contribution in [0.4, 0.5) is 11.5 Å². The largest absolute Gasteiger partial charge is 0.349 e. The van der Waals surface area contributed by atoms with E-state index in [9.17, 15) is 10.1 Å². The van der Waals surface area contributed by atoms with Gasteiger partial charge in [-0.15, -0.1) is 0 Å². The first-order valence-corrected chi connectivity index (χ1v) is 6.12. The molecule has 19 heavy (non-hydrogen) atoms. The number of halogens is 1. The molecular formula is C11H14ClN5O2. The topological polar surface area (TPSA) is 96.0 Å². The van der Waals surface area contributed by atoms with E-state index in [1.165, 1.54) is 6.33 Å². The van der Waals surface area contributed by atoms with E-state index in [4.69, 9.17) is 16.9 Å². The van der Waals surface area contributed by atoms with Gasteiger partial charge >= 0.3 is 5.69 Å². The lowest BCUT2D eigenvalue weighted by molar-refractivity contribution is -0.384. The van der Waals surface area contributed by atoms with Gasteiger partial charge in [0.1, 0.15) is 6.33 Å². The first-order valence-electron chi connectivity index (χ1n) is 5.74. The van der Waals surface area contributed by atoms with E-state index >= 15 is 0 Å². The summed E-state index contributed by atoms with van der Waals surface area (Å²) in [5.74, 6) is 0.431. The third kappa shape index (κ3) is 4.03. The molecule has 0 fully saturated rings. The third-order valence-corrected chi connectivity index (χ3v) is 2.60. The van der Waals surface area contributed by atoms with Gasteiger partial charge in [0.2, 0.25) is 11.0 Å². The molecule has 0 aliphatic carbocycles. The van der Waals surface area contributed by atoms with E-state index in [0.29, 0.717) is 13.1 Å². The molecule has 0 aromatic carbocycles. The maximum atomic E-state index is 11.1. The quantitative estimate of drug-likeness (QED) is 0.452. The first kappa shape index (κ1) is 15.1. The van der Waals surface area contributed by atoms with Gasteiger partial charge in [-0.2, -0.15) is 5.26 Å². The summed E-state index contributed by atoms with van der Waals surface area (Å²) in [5, 5.41) is 19.5. The van der Waals surface area contributed by atoms with Crippen molar-refractivity contribution in [2.75, 3.05) is 18.0 Å². The van der Waals surface area contributed by atoms with Crippen LogP contribution in [-0.4, -0.2) is 28.0 Å². The fraction of sp³-hybridized carbons (Fsp3) is 0.545. The Morgan fingerprint density at radius 2 is 2.26 bits per heavy atom. The molecule has 7 nitrogen and oxygen atoms in total. The SMILES string of the molecule is CC(C)CN(CCC#N)c1ncnc(Cl)c1[N+](=O)[O-]. The van der Waals surface area contributed by atoms with Gasteiger partial charge in [0.15, 0.2) is 0 Å². The van der Waals surface area contributed by atoms with Gasteiger partial charge in [0.05, 0.1) is 17.4 Å². The minimum absolute atomic E-state index is 0.161. The second-order valence-electron chi connectivity index (χ2n) is 4.34. The van der Waals surface area contributed by atoms with E-state index < -0.39 is 4.92 Å². The Morgan fingerprint density at radius 1 is 1.58 bits per heavy atom. The molecule has 0 radical (unpaired) electrons. The van der Waals surface area contributed by atoms with Crippen molar-refractivity contribution in [3.63, 3.8) is 0 Å². The molecular weight excluding hydrogens is 270 g/mol. The predicted octanol–water partition coefficient (Wildman–Crippen LogP) is 2.41. The molecule has 102 valence electrons. The molecule has 0 aliphatic heterocycles. The number of nitriles is 1. The monoisotopic (exact) mass is 283 g/mol. The summed E-state index contributed by atoms with van der Waals surface area (Å²) in [6, 6.07) is 2.02. The molecule has 0 saturated carbocycles. The number of aromatic nitrogens is 2. The lowest BCUT2D eigenvalue weighted by Gasteiger charge is -2.24. The highest BCUT2D eigenvalue weighted by Gasteiger charge is 2.26. The van der Waals surface area contributed by atoms with Crippen molar-refractivity contribution >= 4 is 23.1 Å². The molecule has 0 unspecified atom stereocenters. The van der Waals surface area contributed by atoms with E-state index in [1.54, 1.807) is 4.90 Å². The zero-order chi connectivity index (χ0) is 14.4. The summed E-state index contributed by atoms with van der Waals surface area (Å²) in [7, 11) is 0. The van der Waals surface area contributed by atoms with Gasteiger partial charge in [-0.25, -0.2) is 9.97 Å². The van der Waals surface area contributed by atoms with Gasteiger partial charge < -0.3 is 4.90 Å². The Morgan fingerprint density at radius 3 is 2.79 bits per heavy atom. The maximum absolute atomic E-state index is 11.1. The Hall–Kier alpha value is -1.94. The average Bonchev–Trinajstić information content (AvgIpc) is 2.33. The molecule has 1 heterocycles. The van der Waals surface area contributed by atoms with E-state index in [-0.39, 0.29) is 29.0 Å². The number of rotatable bonds is 6. The molecule has 0 atom stereocenters. The molecule has 8 heteroatoms. The molecule has 1 aromatic rings. The smallest absolute Gasteiger partial charge is 0.348 e. The third-order valence-electron chi connectivity index (χ3n) is 2.32. The van der Waals surface area contributed by atoms with Gasteiger partial charge in [0, 0.05) is 13.1 Å². The molecule has 0 aliphatic rings. The number of hydrogen-bond acceptors (Lipinski definition) is 6. The van der Waals surface area contributed by atoms with Crippen LogP contribution < -0.4 is 4.90 Å². The molecule has 1 aromatic heterocycles. The molecule has 0 bridgehead atoms. The zero-order valence-corrected chi connectivity index (χ0v) is 11.5.